The van der Waals surface area contributed by atoms with Crippen LogP contribution in [0.25, 0.3) is 0 Å². The van der Waals surface area contributed by atoms with Crippen molar-refractivity contribution in [1.82, 2.24) is 0 Å². The minimum absolute atomic E-state index is 0.0327. The minimum Gasteiger partial charge on any atom is -0.384 e. The number of hydrogen-bond acceptors (Lipinski definition) is 1. The summed E-state index contributed by atoms with van der Waals surface area (Å²) in [5, 5.41) is 10.7. The monoisotopic (exact) mass is 348 g/mol. The first-order chi connectivity index (χ1) is 8.50. The first-order valence-electron chi connectivity index (χ1n) is 5.07. The van der Waals surface area contributed by atoms with Gasteiger partial charge in [-0.2, -0.15) is 0 Å². The van der Waals surface area contributed by atoms with Crippen LogP contribution in [-0.2, 0) is 0 Å². The van der Waals surface area contributed by atoms with Crippen molar-refractivity contribution < 1.29 is 9.50 Å². The molecule has 0 radical (unpaired) electrons. The topological polar surface area (TPSA) is 20.2 Å². The molecule has 1 unspecified atom stereocenters. The Bertz CT molecular complexity index is 569. The van der Waals surface area contributed by atoms with Crippen LogP contribution in [0.5, 0.6) is 0 Å². The summed E-state index contributed by atoms with van der Waals surface area (Å²) >= 11 is 15.1. The van der Waals surface area contributed by atoms with Crippen molar-refractivity contribution in [2.45, 2.75) is 6.10 Å². The van der Waals surface area contributed by atoms with Crippen molar-refractivity contribution in [3.63, 3.8) is 0 Å². The molecule has 2 aromatic rings. The summed E-state index contributed by atoms with van der Waals surface area (Å²) in [4.78, 5) is 0. The Morgan fingerprint density at radius 1 is 1.11 bits per heavy atom. The summed E-state index contributed by atoms with van der Waals surface area (Å²) in [6.45, 7) is 0. The van der Waals surface area contributed by atoms with Crippen LogP contribution in [0.2, 0.25) is 10.0 Å². The standard InChI is InChI=1S/C13H8BrCl2FO/c14-8-2-1-3-9(15)12(8)13(18)7-4-5-11(17)10(16)6-7/h1-6,13,18H. The van der Waals surface area contributed by atoms with Crippen LogP contribution in [-0.4, -0.2) is 5.11 Å². The smallest absolute Gasteiger partial charge is 0.141 e. The van der Waals surface area contributed by atoms with Crippen molar-refractivity contribution >= 4 is 39.1 Å². The lowest BCUT2D eigenvalue weighted by molar-refractivity contribution is 0.219. The van der Waals surface area contributed by atoms with Crippen molar-refractivity contribution in [2.75, 3.05) is 0 Å². The largest absolute Gasteiger partial charge is 0.384 e. The quantitative estimate of drug-likeness (QED) is 0.810. The lowest BCUT2D eigenvalue weighted by Crippen LogP contribution is -2.02. The molecule has 1 N–H and O–H groups in total. The summed E-state index contributed by atoms with van der Waals surface area (Å²) < 4.78 is 13.8. The van der Waals surface area contributed by atoms with E-state index in [9.17, 15) is 9.50 Å². The second-order valence-corrected chi connectivity index (χ2v) is 5.38. The van der Waals surface area contributed by atoms with E-state index < -0.39 is 11.9 Å². The van der Waals surface area contributed by atoms with Gasteiger partial charge in [-0.05, 0) is 29.8 Å². The first-order valence-corrected chi connectivity index (χ1v) is 6.62. The molecule has 1 nitrogen and oxygen atoms in total. The number of benzene rings is 2. The van der Waals surface area contributed by atoms with Gasteiger partial charge in [0.05, 0.1) is 5.02 Å². The number of hydrogen-bond donors (Lipinski definition) is 1. The van der Waals surface area contributed by atoms with Crippen LogP contribution < -0.4 is 0 Å². The van der Waals surface area contributed by atoms with Crippen molar-refractivity contribution in [1.29, 1.82) is 0 Å². The normalized spacial score (nSPS) is 12.5. The average Bonchev–Trinajstić information content (AvgIpc) is 2.32. The number of halogens is 4. The molecule has 0 amide bonds. The molecule has 0 bridgehead atoms. The Balaban J connectivity index is 2.48. The van der Waals surface area contributed by atoms with E-state index in [1.165, 1.54) is 18.2 Å². The molecule has 5 heteroatoms. The summed E-state index contributed by atoms with van der Waals surface area (Å²) in [5.74, 6) is -0.522. The average molecular weight is 350 g/mol. The van der Waals surface area contributed by atoms with Crippen LogP contribution >= 0.6 is 39.1 Å². The third-order valence-corrected chi connectivity index (χ3v) is 3.84. The molecule has 1 atom stereocenters. The Labute approximate surface area is 122 Å². The fraction of sp³-hybridized carbons (Fsp3) is 0.0769. The van der Waals surface area contributed by atoms with E-state index in [2.05, 4.69) is 15.9 Å². The second kappa shape index (κ2) is 5.57. The Morgan fingerprint density at radius 2 is 1.83 bits per heavy atom. The van der Waals surface area contributed by atoms with E-state index in [-0.39, 0.29) is 5.02 Å². The van der Waals surface area contributed by atoms with Crippen LogP contribution in [0.3, 0.4) is 0 Å². The zero-order valence-electron chi connectivity index (χ0n) is 9.00. The highest BCUT2D eigenvalue weighted by Gasteiger charge is 2.18. The van der Waals surface area contributed by atoms with Crippen LogP contribution in [0, 0.1) is 5.82 Å². The molecule has 0 heterocycles. The third-order valence-electron chi connectivity index (χ3n) is 2.53. The van der Waals surface area contributed by atoms with Gasteiger partial charge in [0.15, 0.2) is 0 Å². The predicted octanol–water partition coefficient (Wildman–Crippen LogP) is 4.98. The van der Waals surface area contributed by atoms with Crippen LogP contribution in [0.4, 0.5) is 4.39 Å². The van der Waals surface area contributed by atoms with Gasteiger partial charge in [0.1, 0.15) is 11.9 Å². The van der Waals surface area contributed by atoms with Gasteiger partial charge >= 0.3 is 0 Å². The fourth-order valence-electron chi connectivity index (χ4n) is 1.62. The number of aliphatic hydroxyl groups excluding tert-OH is 1. The van der Waals surface area contributed by atoms with Crippen LogP contribution in [0.1, 0.15) is 17.2 Å². The van der Waals surface area contributed by atoms with E-state index in [0.29, 0.717) is 20.6 Å². The van der Waals surface area contributed by atoms with Gasteiger partial charge in [-0.1, -0.05) is 51.3 Å². The van der Waals surface area contributed by atoms with Crippen molar-refractivity contribution in [2.24, 2.45) is 0 Å². The molecule has 0 aliphatic rings. The molecule has 18 heavy (non-hydrogen) atoms. The first kappa shape index (κ1) is 13.8. The molecule has 0 saturated heterocycles. The van der Waals surface area contributed by atoms with Gasteiger partial charge in [0, 0.05) is 15.1 Å². The van der Waals surface area contributed by atoms with Gasteiger partial charge in [0.25, 0.3) is 0 Å². The Morgan fingerprint density at radius 3 is 2.44 bits per heavy atom. The summed E-state index contributed by atoms with van der Waals surface area (Å²) in [6, 6.07) is 9.29. The highest BCUT2D eigenvalue weighted by molar-refractivity contribution is 9.10. The van der Waals surface area contributed by atoms with Gasteiger partial charge in [-0.25, -0.2) is 4.39 Å². The maximum atomic E-state index is 13.1. The summed E-state index contributed by atoms with van der Waals surface area (Å²) in [5.41, 5.74) is 1.01. The van der Waals surface area contributed by atoms with E-state index in [1.54, 1.807) is 18.2 Å². The molecule has 2 rings (SSSR count). The van der Waals surface area contributed by atoms with E-state index in [0.717, 1.165) is 0 Å². The Kier molecular flexibility index (Phi) is 4.28. The summed E-state index contributed by atoms with van der Waals surface area (Å²) in [7, 11) is 0. The molecule has 0 saturated carbocycles. The zero-order valence-corrected chi connectivity index (χ0v) is 12.1. The van der Waals surface area contributed by atoms with Gasteiger partial charge in [0.2, 0.25) is 0 Å². The molecule has 0 fully saturated rings. The number of aliphatic hydroxyl groups is 1. The highest BCUT2D eigenvalue weighted by atomic mass is 79.9. The van der Waals surface area contributed by atoms with Gasteiger partial charge in [-0.3, -0.25) is 0 Å². The number of rotatable bonds is 2. The molecule has 0 aliphatic carbocycles. The molecule has 2 aromatic carbocycles. The van der Waals surface area contributed by atoms with Crippen LogP contribution in [0.15, 0.2) is 40.9 Å². The molecule has 94 valence electrons. The lowest BCUT2D eigenvalue weighted by Gasteiger charge is -2.15. The fourth-order valence-corrected chi connectivity index (χ4v) is 2.79. The predicted molar refractivity (Wildman–Crippen MR) is 74.6 cm³/mol. The molecule has 0 spiro atoms. The molecule has 0 aromatic heterocycles. The van der Waals surface area contributed by atoms with E-state index in [1.807, 2.05) is 0 Å². The highest BCUT2D eigenvalue weighted by Crippen LogP contribution is 2.35. The second-order valence-electron chi connectivity index (χ2n) is 3.71. The van der Waals surface area contributed by atoms with E-state index >= 15 is 0 Å². The van der Waals surface area contributed by atoms with Gasteiger partial charge < -0.3 is 5.11 Å². The van der Waals surface area contributed by atoms with Crippen molar-refractivity contribution in [3.05, 3.63) is 67.9 Å². The zero-order chi connectivity index (χ0) is 13.3. The third kappa shape index (κ3) is 2.69. The minimum atomic E-state index is -0.967. The maximum absolute atomic E-state index is 13.1. The molecule has 0 aliphatic heterocycles. The van der Waals surface area contributed by atoms with E-state index in [4.69, 9.17) is 23.2 Å². The Hall–Kier alpha value is -0.610. The lowest BCUT2D eigenvalue weighted by atomic mass is 10.0. The van der Waals surface area contributed by atoms with Crippen molar-refractivity contribution in [3.8, 4) is 0 Å². The maximum Gasteiger partial charge on any atom is 0.141 e. The summed E-state index contributed by atoms with van der Waals surface area (Å²) in [6.07, 6.45) is -0.967. The SMILES string of the molecule is OC(c1ccc(F)c(Cl)c1)c1c(Cl)cccc1Br. The van der Waals surface area contributed by atoms with Gasteiger partial charge in [-0.15, -0.1) is 0 Å². The molecular formula is C13H8BrCl2FO. The molecular weight excluding hydrogens is 342 g/mol.